The van der Waals surface area contributed by atoms with E-state index < -0.39 is 0 Å². The van der Waals surface area contributed by atoms with Gasteiger partial charge in [0.1, 0.15) is 5.78 Å². The molecule has 0 spiro atoms. The second kappa shape index (κ2) is 5.52. The Morgan fingerprint density at radius 3 is 2.62 bits per heavy atom. The van der Waals surface area contributed by atoms with Gasteiger partial charge in [0, 0.05) is 12.8 Å². The molecule has 0 unspecified atom stereocenters. The van der Waals surface area contributed by atoms with Gasteiger partial charge in [-0.2, -0.15) is 0 Å². The first-order chi connectivity index (χ1) is 6.33. The molecule has 0 saturated carbocycles. The van der Waals surface area contributed by atoms with Gasteiger partial charge in [-0.3, -0.25) is 4.79 Å². The van der Waals surface area contributed by atoms with Crippen molar-refractivity contribution >= 4 is 5.78 Å². The van der Waals surface area contributed by atoms with Crippen LogP contribution < -0.4 is 0 Å². The van der Waals surface area contributed by atoms with Crippen LogP contribution >= 0.6 is 0 Å². The molecule has 0 amide bonds. The summed E-state index contributed by atoms with van der Waals surface area (Å²) in [5, 5.41) is 0. The van der Waals surface area contributed by atoms with Crippen LogP contribution in [0.25, 0.3) is 0 Å². The summed E-state index contributed by atoms with van der Waals surface area (Å²) in [6.45, 7) is 2.04. The normalized spacial score (nSPS) is 9.92. The molecule has 0 heterocycles. The molecule has 0 aliphatic rings. The van der Waals surface area contributed by atoms with Crippen molar-refractivity contribution < 1.29 is 4.79 Å². The van der Waals surface area contributed by atoms with Gasteiger partial charge in [-0.05, 0) is 24.5 Å². The van der Waals surface area contributed by atoms with Crippen molar-refractivity contribution in [2.45, 2.75) is 32.6 Å². The van der Waals surface area contributed by atoms with E-state index in [2.05, 4.69) is 6.07 Å². The van der Waals surface area contributed by atoms with E-state index in [0.717, 1.165) is 19.3 Å². The quantitative estimate of drug-likeness (QED) is 0.672. The fraction of sp³-hybridized carbons (Fsp3) is 0.417. The molecule has 0 saturated heterocycles. The van der Waals surface area contributed by atoms with Gasteiger partial charge in [0.15, 0.2) is 0 Å². The minimum absolute atomic E-state index is 0.371. The summed E-state index contributed by atoms with van der Waals surface area (Å²) in [6.07, 6.45) is 3.23. The summed E-state index contributed by atoms with van der Waals surface area (Å²) in [4.78, 5) is 11.2. The predicted octanol–water partition coefficient (Wildman–Crippen LogP) is 2.79. The van der Waals surface area contributed by atoms with Crippen LogP contribution in [0.4, 0.5) is 0 Å². The molecular formula is C12H15O. The summed E-state index contributed by atoms with van der Waals surface area (Å²) in [6, 6.07) is 10.8. The van der Waals surface area contributed by atoms with E-state index in [-0.39, 0.29) is 0 Å². The van der Waals surface area contributed by atoms with Gasteiger partial charge in [0.25, 0.3) is 0 Å². The smallest absolute Gasteiger partial charge is 0.133 e. The highest BCUT2D eigenvalue weighted by Gasteiger charge is 2.00. The van der Waals surface area contributed by atoms with Crippen LogP contribution in [0.1, 0.15) is 31.7 Å². The number of ketones is 1. The maximum Gasteiger partial charge on any atom is 0.133 e. The molecule has 13 heavy (non-hydrogen) atoms. The predicted molar refractivity (Wildman–Crippen MR) is 53.5 cm³/mol. The number of rotatable bonds is 5. The van der Waals surface area contributed by atoms with Gasteiger partial charge < -0.3 is 0 Å². The van der Waals surface area contributed by atoms with Gasteiger partial charge in [0.2, 0.25) is 0 Å². The SMILES string of the molecule is CCCC(=O)CCc1cc[c]cc1. The first kappa shape index (κ1) is 9.97. The fourth-order valence-corrected chi connectivity index (χ4v) is 1.28. The molecule has 0 aliphatic carbocycles. The van der Waals surface area contributed by atoms with Crippen molar-refractivity contribution in [2.24, 2.45) is 0 Å². The average molecular weight is 175 g/mol. The molecule has 0 aromatic heterocycles. The Labute approximate surface area is 79.8 Å². The number of Topliss-reactive ketones (excluding diaryl/α,β-unsaturated/α-hetero) is 1. The van der Waals surface area contributed by atoms with Gasteiger partial charge in [-0.1, -0.05) is 31.2 Å². The first-order valence-electron chi connectivity index (χ1n) is 4.79. The number of carbonyl (C=O) groups is 1. The standard InChI is InChI=1S/C12H15O/c1-2-6-12(13)10-9-11-7-4-3-5-8-11/h4-5,7-8H,2,6,9-10H2,1H3. The summed E-state index contributed by atoms with van der Waals surface area (Å²) in [5.41, 5.74) is 1.23. The number of benzene rings is 1. The molecular weight excluding hydrogens is 160 g/mol. The average Bonchev–Trinajstić information content (AvgIpc) is 2.17. The minimum atomic E-state index is 0.371. The van der Waals surface area contributed by atoms with E-state index in [9.17, 15) is 4.79 Å². The zero-order chi connectivity index (χ0) is 9.52. The van der Waals surface area contributed by atoms with Crippen LogP contribution in [0.5, 0.6) is 0 Å². The molecule has 1 rings (SSSR count). The van der Waals surface area contributed by atoms with E-state index in [1.807, 2.05) is 31.2 Å². The molecule has 0 atom stereocenters. The molecule has 1 heteroatoms. The summed E-state index contributed by atoms with van der Waals surface area (Å²) < 4.78 is 0. The highest BCUT2D eigenvalue weighted by Crippen LogP contribution is 2.04. The maximum atomic E-state index is 11.2. The lowest BCUT2D eigenvalue weighted by Gasteiger charge is -1.99. The lowest BCUT2D eigenvalue weighted by molar-refractivity contribution is -0.119. The van der Waals surface area contributed by atoms with Crippen LogP contribution in [0.2, 0.25) is 0 Å². The van der Waals surface area contributed by atoms with Gasteiger partial charge >= 0.3 is 0 Å². The Bertz CT molecular complexity index is 251. The maximum absolute atomic E-state index is 11.2. The largest absolute Gasteiger partial charge is 0.300 e. The zero-order valence-corrected chi connectivity index (χ0v) is 8.05. The molecule has 0 bridgehead atoms. The lowest BCUT2D eigenvalue weighted by Crippen LogP contribution is -1.98. The first-order valence-corrected chi connectivity index (χ1v) is 4.79. The number of hydrogen-bond acceptors (Lipinski definition) is 1. The van der Waals surface area contributed by atoms with E-state index in [1.54, 1.807) is 0 Å². The topological polar surface area (TPSA) is 17.1 Å². The second-order valence-corrected chi connectivity index (χ2v) is 3.20. The fourth-order valence-electron chi connectivity index (χ4n) is 1.28. The minimum Gasteiger partial charge on any atom is -0.300 e. The van der Waals surface area contributed by atoms with Crippen molar-refractivity contribution in [2.75, 3.05) is 0 Å². The third-order valence-corrected chi connectivity index (χ3v) is 2.01. The van der Waals surface area contributed by atoms with Crippen LogP contribution in [0.3, 0.4) is 0 Å². The van der Waals surface area contributed by atoms with Crippen molar-refractivity contribution in [1.29, 1.82) is 0 Å². The highest BCUT2D eigenvalue weighted by molar-refractivity contribution is 5.78. The van der Waals surface area contributed by atoms with Crippen LogP contribution in [0.15, 0.2) is 24.3 Å². The van der Waals surface area contributed by atoms with Crippen LogP contribution in [-0.4, -0.2) is 5.78 Å². The van der Waals surface area contributed by atoms with Crippen molar-refractivity contribution in [3.8, 4) is 0 Å². The van der Waals surface area contributed by atoms with Crippen LogP contribution in [-0.2, 0) is 11.2 Å². The molecule has 1 radical (unpaired) electrons. The summed E-state index contributed by atoms with van der Waals surface area (Å²) >= 11 is 0. The van der Waals surface area contributed by atoms with Crippen LogP contribution in [0, 0.1) is 6.07 Å². The van der Waals surface area contributed by atoms with Gasteiger partial charge in [0.05, 0.1) is 0 Å². The third kappa shape index (κ3) is 3.88. The monoisotopic (exact) mass is 175 g/mol. The Morgan fingerprint density at radius 2 is 2.00 bits per heavy atom. The van der Waals surface area contributed by atoms with Gasteiger partial charge in [-0.25, -0.2) is 0 Å². The lowest BCUT2D eigenvalue weighted by atomic mass is 10.1. The molecule has 1 aromatic rings. The Balaban J connectivity index is 2.31. The van der Waals surface area contributed by atoms with E-state index in [0.29, 0.717) is 12.2 Å². The highest BCUT2D eigenvalue weighted by atomic mass is 16.1. The van der Waals surface area contributed by atoms with Crippen molar-refractivity contribution in [3.63, 3.8) is 0 Å². The van der Waals surface area contributed by atoms with E-state index in [4.69, 9.17) is 0 Å². The summed E-state index contributed by atoms with van der Waals surface area (Å²) in [7, 11) is 0. The number of aryl methyl sites for hydroxylation is 1. The Morgan fingerprint density at radius 1 is 1.31 bits per heavy atom. The zero-order valence-electron chi connectivity index (χ0n) is 8.05. The molecule has 69 valence electrons. The molecule has 0 aliphatic heterocycles. The Kier molecular flexibility index (Phi) is 4.24. The number of hydrogen-bond donors (Lipinski definition) is 0. The van der Waals surface area contributed by atoms with Gasteiger partial charge in [-0.15, -0.1) is 0 Å². The third-order valence-electron chi connectivity index (χ3n) is 2.01. The van der Waals surface area contributed by atoms with Crippen molar-refractivity contribution in [3.05, 3.63) is 35.9 Å². The molecule has 0 N–H and O–H groups in total. The second-order valence-electron chi connectivity index (χ2n) is 3.20. The molecule has 1 aromatic carbocycles. The van der Waals surface area contributed by atoms with E-state index in [1.165, 1.54) is 5.56 Å². The van der Waals surface area contributed by atoms with E-state index >= 15 is 0 Å². The number of carbonyl (C=O) groups excluding carboxylic acids is 1. The molecule has 0 fully saturated rings. The Hall–Kier alpha value is -1.11. The van der Waals surface area contributed by atoms with Crippen molar-refractivity contribution in [1.82, 2.24) is 0 Å². The summed E-state index contributed by atoms with van der Waals surface area (Å²) in [5.74, 6) is 0.371. The molecule has 1 nitrogen and oxygen atoms in total.